The predicted molar refractivity (Wildman–Crippen MR) is 104 cm³/mol. The van der Waals surface area contributed by atoms with Gasteiger partial charge in [-0.25, -0.2) is 0 Å². The number of rotatable bonds is 3. The van der Waals surface area contributed by atoms with Crippen LogP contribution in [0.1, 0.15) is 53.3 Å². The van der Waals surface area contributed by atoms with Crippen LogP contribution in [0.25, 0.3) is 0 Å². The van der Waals surface area contributed by atoms with Crippen LogP contribution in [-0.4, -0.2) is 42.5 Å². The molecule has 2 aliphatic rings. The highest BCUT2D eigenvalue weighted by atomic mass is 16.5. The number of para-hydroxylation sites is 1. The first-order valence-electron chi connectivity index (χ1n) is 9.83. The molecule has 4 rings (SSSR count). The van der Waals surface area contributed by atoms with E-state index < -0.39 is 0 Å². The van der Waals surface area contributed by atoms with E-state index in [9.17, 15) is 9.59 Å². The summed E-state index contributed by atoms with van der Waals surface area (Å²) in [5.41, 5.74) is 1.41. The molecule has 0 aliphatic carbocycles. The average molecular weight is 382 g/mol. The highest BCUT2D eigenvalue weighted by Gasteiger charge is 2.44. The molecular formula is C22H26N2O4. The third-order valence-corrected chi connectivity index (χ3v) is 6.07. The van der Waals surface area contributed by atoms with Crippen molar-refractivity contribution in [2.45, 2.75) is 44.1 Å². The van der Waals surface area contributed by atoms with Crippen LogP contribution in [0.4, 0.5) is 0 Å². The maximum Gasteiger partial charge on any atom is 0.257 e. The Balaban J connectivity index is 1.51. The van der Waals surface area contributed by atoms with Crippen molar-refractivity contribution in [3.05, 3.63) is 53.5 Å². The molecule has 3 heterocycles. The molecule has 1 atom stereocenters. The number of amides is 2. The van der Waals surface area contributed by atoms with Crippen LogP contribution in [0.15, 0.2) is 41.0 Å². The fourth-order valence-electron chi connectivity index (χ4n) is 4.45. The van der Waals surface area contributed by atoms with E-state index in [1.54, 1.807) is 19.4 Å². The van der Waals surface area contributed by atoms with Gasteiger partial charge in [-0.15, -0.1) is 0 Å². The number of likely N-dealkylation sites (tertiary alicyclic amines) is 1. The van der Waals surface area contributed by atoms with Crippen LogP contribution in [0.3, 0.4) is 0 Å². The number of hydrogen-bond donors (Lipinski definition) is 1. The van der Waals surface area contributed by atoms with E-state index in [2.05, 4.69) is 11.4 Å². The van der Waals surface area contributed by atoms with Crippen molar-refractivity contribution < 1.29 is 18.7 Å². The number of ether oxygens (including phenoxy) is 1. The van der Waals surface area contributed by atoms with E-state index in [0.717, 1.165) is 30.6 Å². The number of carbonyl (C=O) groups excluding carboxylic acids is 2. The molecule has 1 spiro atoms. The predicted octanol–water partition coefficient (Wildman–Crippen LogP) is 3.27. The second-order valence-electron chi connectivity index (χ2n) is 7.78. The average Bonchev–Trinajstić information content (AvgIpc) is 3.14. The van der Waals surface area contributed by atoms with Gasteiger partial charge in [-0.3, -0.25) is 9.59 Å². The van der Waals surface area contributed by atoms with Crippen molar-refractivity contribution in [1.29, 1.82) is 0 Å². The Morgan fingerprint density at radius 3 is 2.64 bits per heavy atom. The topological polar surface area (TPSA) is 71.8 Å². The zero-order chi connectivity index (χ0) is 19.7. The van der Waals surface area contributed by atoms with E-state index in [1.807, 2.05) is 30.0 Å². The smallest absolute Gasteiger partial charge is 0.257 e. The quantitative estimate of drug-likeness (QED) is 0.884. The van der Waals surface area contributed by atoms with Crippen molar-refractivity contribution in [2.75, 3.05) is 20.1 Å². The lowest BCUT2D eigenvalue weighted by Gasteiger charge is -2.46. The van der Waals surface area contributed by atoms with Gasteiger partial charge in [-0.2, -0.15) is 0 Å². The summed E-state index contributed by atoms with van der Waals surface area (Å²) in [4.78, 5) is 26.7. The molecule has 0 unspecified atom stereocenters. The number of nitrogens with one attached hydrogen (secondary N) is 1. The summed E-state index contributed by atoms with van der Waals surface area (Å²) < 4.78 is 11.7. The van der Waals surface area contributed by atoms with Gasteiger partial charge in [0.05, 0.1) is 11.8 Å². The molecule has 2 aliphatic heterocycles. The fraction of sp³-hybridized carbons (Fsp3) is 0.455. The third-order valence-electron chi connectivity index (χ3n) is 6.07. The first-order valence-corrected chi connectivity index (χ1v) is 9.83. The molecule has 148 valence electrons. The summed E-state index contributed by atoms with van der Waals surface area (Å²) in [6.45, 7) is 3.08. The molecule has 1 saturated heterocycles. The minimum Gasteiger partial charge on any atom is -0.487 e. The van der Waals surface area contributed by atoms with Crippen LogP contribution < -0.4 is 10.1 Å². The summed E-state index contributed by atoms with van der Waals surface area (Å²) in [5, 5.41) is 2.74. The van der Waals surface area contributed by atoms with Gasteiger partial charge in [-0.05, 0) is 31.0 Å². The lowest BCUT2D eigenvalue weighted by Crippen LogP contribution is -2.52. The van der Waals surface area contributed by atoms with Crippen LogP contribution in [0.2, 0.25) is 0 Å². The van der Waals surface area contributed by atoms with Gasteiger partial charge in [0, 0.05) is 45.3 Å². The number of furan rings is 1. The fourth-order valence-corrected chi connectivity index (χ4v) is 4.45. The number of piperidine rings is 1. The molecule has 1 fully saturated rings. The van der Waals surface area contributed by atoms with Crippen molar-refractivity contribution in [3.63, 3.8) is 0 Å². The van der Waals surface area contributed by atoms with Gasteiger partial charge >= 0.3 is 0 Å². The minimum absolute atomic E-state index is 0.0132. The number of nitrogens with zero attached hydrogens (tertiary/aromatic N) is 1. The molecule has 0 saturated carbocycles. The highest BCUT2D eigenvalue weighted by Crippen LogP contribution is 2.46. The second-order valence-corrected chi connectivity index (χ2v) is 7.78. The summed E-state index contributed by atoms with van der Waals surface area (Å²) in [6.07, 6.45) is 4.32. The minimum atomic E-state index is -0.324. The van der Waals surface area contributed by atoms with Gasteiger partial charge in [-0.1, -0.05) is 18.2 Å². The van der Waals surface area contributed by atoms with Crippen LogP contribution >= 0.6 is 0 Å². The molecule has 0 radical (unpaired) electrons. The summed E-state index contributed by atoms with van der Waals surface area (Å²) in [7, 11) is 1.67. The van der Waals surface area contributed by atoms with Gasteiger partial charge < -0.3 is 19.4 Å². The number of fused-ring (bicyclic) bond motifs is 1. The highest BCUT2D eigenvalue weighted by molar-refractivity contribution is 5.95. The van der Waals surface area contributed by atoms with E-state index in [0.29, 0.717) is 30.8 Å². The standard InChI is InChI=1S/C22H26N2O4/c1-15-17(7-12-27-15)21(26)24-10-8-22(9-11-24)14-16(13-20(25)23-2)18-5-3-4-6-19(18)28-22/h3-7,12,16H,8-11,13-14H2,1-2H3,(H,23,25)/t16-/m1/s1. The summed E-state index contributed by atoms with van der Waals surface area (Å²) >= 11 is 0. The van der Waals surface area contributed by atoms with Gasteiger partial charge in [0.15, 0.2) is 0 Å². The number of benzene rings is 1. The summed E-state index contributed by atoms with van der Waals surface area (Å²) in [6, 6.07) is 9.73. The van der Waals surface area contributed by atoms with Crippen LogP contribution in [-0.2, 0) is 4.79 Å². The zero-order valence-electron chi connectivity index (χ0n) is 16.4. The maximum absolute atomic E-state index is 12.8. The van der Waals surface area contributed by atoms with Crippen molar-refractivity contribution in [2.24, 2.45) is 0 Å². The van der Waals surface area contributed by atoms with Gasteiger partial charge in [0.2, 0.25) is 5.91 Å². The van der Waals surface area contributed by atoms with Gasteiger partial charge in [0.25, 0.3) is 5.91 Å². The Morgan fingerprint density at radius 2 is 1.96 bits per heavy atom. The molecule has 6 heteroatoms. The first-order chi connectivity index (χ1) is 13.5. The third kappa shape index (κ3) is 3.39. The van der Waals surface area contributed by atoms with E-state index in [4.69, 9.17) is 9.15 Å². The van der Waals surface area contributed by atoms with E-state index >= 15 is 0 Å². The Kier molecular flexibility index (Phi) is 4.87. The first kappa shape index (κ1) is 18.6. The van der Waals surface area contributed by atoms with Crippen molar-refractivity contribution in [1.82, 2.24) is 10.2 Å². The molecule has 6 nitrogen and oxygen atoms in total. The maximum atomic E-state index is 12.8. The SMILES string of the molecule is CNC(=O)C[C@@H]1CC2(CCN(C(=O)c3ccoc3C)CC2)Oc2ccccc21. The number of hydrogen-bond acceptors (Lipinski definition) is 4. The molecule has 28 heavy (non-hydrogen) atoms. The Bertz CT molecular complexity index is 880. The van der Waals surface area contributed by atoms with Crippen molar-refractivity contribution in [3.8, 4) is 5.75 Å². The van der Waals surface area contributed by atoms with Crippen LogP contribution in [0, 0.1) is 6.92 Å². The molecule has 1 aromatic carbocycles. The van der Waals surface area contributed by atoms with E-state index in [-0.39, 0.29) is 23.3 Å². The monoisotopic (exact) mass is 382 g/mol. The zero-order valence-corrected chi connectivity index (χ0v) is 16.4. The lowest BCUT2D eigenvalue weighted by molar-refractivity contribution is -0.121. The molecule has 1 N–H and O–H groups in total. The summed E-state index contributed by atoms with van der Waals surface area (Å²) in [5.74, 6) is 1.70. The molecule has 2 aromatic rings. The number of aryl methyl sites for hydroxylation is 1. The Labute approximate surface area is 164 Å². The molecule has 2 amide bonds. The lowest BCUT2D eigenvalue weighted by atomic mass is 9.76. The normalized spacial score (nSPS) is 20.4. The largest absolute Gasteiger partial charge is 0.487 e. The molecular weight excluding hydrogens is 356 g/mol. The number of carbonyl (C=O) groups is 2. The van der Waals surface area contributed by atoms with Gasteiger partial charge in [0.1, 0.15) is 17.1 Å². The molecule has 1 aromatic heterocycles. The van der Waals surface area contributed by atoms with Crippen LogP contribution in [0.5, 0.6) is 5.75 Å². The van der Waals surface area contributed by atoms with E-state index in [1.165, 1.54) is 0 Å². The Morgan fingerprint density at radius 1 is 1.21 bits per heavy atom. The molecule has 0 bridgehead atoms. The Hall–Kier alpha value is -2.76. The van der Waals surface area contributed by atoms with Crippen molar-refractivity contribution >= 4 is 11.8 Å². The second kappa shape index (κ2) is 7.34.